The largest absolute Gasteiger partial charge is 0.351 e. The van der Waals surface area contributed by atoms with Crippen LogP contribution in [0.1, 0.15) is 29.0 Å². The molecule has 1 aliphatic rings. The van der Waals surface area contributed by atoms with Crippen LogP contribution >= 0.6 is 12.2 Å². The molecule has 0 bridgehead atoms. The summed E-state index contributed by atoms with van der Waals surface area (Å²) in [5.41, 5.74) is 4.05. The number of halogens is 1. The average molecular weight is 522 g/mol. The van der Waals surface area contributed by atoms with Crippen LogP contribution in [0.2, 0.25) is 0 Å². The third kappa shape index (κ3) is 4.57. The first-order valence-corrected chi connectivity index (χ1v) is 13.5. The molecule has 0 aliphatic carbocycles. The summed E-state index contributed by atoms with van der Waals surface area (Å²) < 4.78 is 42.7. The second-order valence-electron chi connectivity index (χ2n) is 8.62. The average Bonchev–Trinajstić information content (AvgIpc) is 3.44. The number of para-hydroxylation sites is 1. The minimum atomic E-state index is -3.42. The highest BCUT2D eigenvalue weighted by Gasteiger charge is 2.42. The van der Waals surface area contributed by atoms with Crippen LogP contribution in [0, 0.1) is 12.7 Å². The van der Waals surface area contributed by atoms with Crippen LogP contribution in [0.25, 0.3) is 5.69 Å². The summed E-state index contributed by atoms with van der Waals surface area (Å²) in [6.07, 6.45) is 4.67. The van der Waals surface area contributed by atoms with E-state index in [9.17, 15) is 12.8 Å². The molecule has 0 radical (unpaired) electrons. The number of nitrogens with zero attached hydrogens (tertiary/aromatic N) is 3. The molecule has 10 heteroatoms. The van der Waals surface area contributed by atoms with Crippen molar-refractivity contribution >= 4 is 38.7 Å². The number of benzene rings is 2. The van der Waals surface area contributed by atoms with Gasteiger partial charge in [0.05, 0.1) is 29.4 Å². The molecule has 0 unspecified atom stereocenters. The molecule has 3 heterocycles. The topological polar surface area (TPSA) is 79.3 Å². The van der Waals surface area contributed by atoms with Gasteiger partial charge in [-0.1, -0.05) is 18.2 Å². The zero-order valence-corrected chi connectivity index (χ0v) is 21.2. The lowest BCUT2D eigenvalue weighted by Gasteiger charge is -2.29. The van der Waals surface area contributed by atoms with E-state index in [1.54, 1.807) is 30.5 Å². The second-order valence-corrected chi connectivity index (χ2v) is 10.8. The van der Waals surface area contributed by atoms with Crippen LogP contribution < -0.4 is 14.9 Å². The van der Waals surface area contributed by atoms with Gasteiger partial charge in [-0.2, -0.15) is 0 Å². The first-order valence-electron chi connectivity index (χ1n) is 11.2. The quantitative estimate of drug-likeness (QED) is 0.353. The van der Waals surface area contributed by atoms with Crippen LogP contribution in [-0.2, 0) is 10.0 Å². The van der Waals surface area contributed by atoms with E-state index >= 15 is 0 Å². The molecular weight excluding hydrogens is 497 g/mol. The normalized spacial score (nSPS) is 17.8. The zero-order chi connectivity index (χ0) is 25.4. The third-order valence-electron chi connectivity index (χ3n) is 6.08. The number of anilines is 2. The number of thiocarbonyl (C=S) groups is 1. The van der Waals surface area contributed by atoms with E-state index in [0.717, 1.165) is 28.9 Å². The molecular formula is C26H24FN5O2S2. The Kier molecular flexibility index (Phi) is 6.23. The highest BCUT2D eigenvalue weighted by Crippen LogP contribution is 2.43. The molecule has 5 rings (SSSR count). The number of rotatable bonds is 6. The molecule has 0 saturated carbocycles. The maximum atomic E-state index is 14.8. The predicted molar refractivity (Wildman–Crippen MR) is 143 cm³/mol. The molecule has 2 atom stereocenters. The fourth-order valence-electron chi connectivity index (χ4n) is 4.55. The lowest BCUT2D eigenvalue weighted by molar-refractivity contribution is 0.544. The predicted octanol–water partition coefficient (Wildman–Crippen LogP) is 4.87. The standard InChI is InChI=1S/C26H24FN5O2S2/c1-17-16-18(12-13-20(17)30-36(2,33)34)32-25(24(29-26(32)35)21-9-5-6-14-28-21)23-11-7-15-31(23)22-10-4-3-8-19(22)27/h3-16,24-25,30H,1-2H3,(H,29,35)/t24-,25+/m0/s1. The second kappa shape index (κ2) is 9.36. The highest BCUT2D eigenvalue weighted by molar-refractivity contribution is 7.92. The summed E-state index contributed by atoms with van der Waals surface area (Å²) in [5.74, 6) is -0.337. The number of aryl methyl sites for hydroxylation is 1. The van der Waals surface area contributed by atoms with Crippen molar-refractivity contribution in [2.75, 3.05) is 15.9 Å². The summed E-state index contributed by atoms with van der Waals surface area (Å²) in [5, 5.41) is 3.89. The summed E-state index contributed by atoms with van der Waals surface area (Å²) in [7, 11) is -3.42. The summed E-state index contributed by atoms with van der Waals surface area (Å²) in [4.78, 5) is 6.54. The van der Waals surface area contributed by atoms with E-state index in [1.165, 1.54) is 6.07 Å². The van der Waals surface area contributed by atoms with Crippen LogP contribution in [0.5, 0.6) is 0 Å². The van der Waals surface area contributed by atoms with Crippen molar-refractivity contribution in [3.05, 3.63) is 108 Å². The van der Waals surface area contributed by atoms with Crippen molar-refractivity contribution in [1.29, 1.82) is 0 Å². The van der Waals surface area contributed by atoms with E-state index in [-0.39, 0.29) is 17.9 Å². The van der Waals surface area contributed by atoms with Crippen molar-refractivity contribution in [2.24, 2.45) is 0 Å². The molecule has 4 aromatic rings. The molecule has 1 fully saturated rings. The van der Waals surface area contributed by atoms with Gasteiger partial charge in [0.15, 0.2) is 5.11 Å². The monoisotopic (exact) mass is 521 g/mol. The van der Waals surface area contributed by atoms with Gasteiger partial charge in [0.1, 0.15) is 11.9 Å². The Morgan fingerprint density at radius 1 is 1.06 bits per heavy atom. The fourth-order valence-corrected chi connectivity index (χ4v) is 5.52. The van der Waals surface area contributed by atoms with Crippen molar-refractivity contribution < 1.29 is 12.8 Å². The Hall–Kier alpha value is -3.76. The lowest BCUT2D eigenvalue weighted by Crippen LogP contribution is -2.30. The highest BCUT2D eigenvalue weighted by atomic mass is 32.2. The number of aromatic nitrogens is 2. The Bertz CT molecular complexity index is 1540. The Balaban J connectivity index is 1.65. The molecule has 2 aromatic carbocycles. The number of pyridine rings is 1. The third-order valence-corrected chi connectivity index (χ3v) is 6.98. The molecule has 1 saturated heterocycles. The van der Waals surface area contributed by atoms with Gasteiger partial charge in [0, 0.05) is 23.8 Å². The van der Waals surface area contributed by atoms with Gasteiger partial charge >= 0.3 is 0 Å². The van der Waals surface area contributed by atoms with Gasteiger partial charge in [0.2, 0.25) is 10.0 Å². The number of hydrogen-bond acceptors (Lipinski definition) is 4. The van der Waals surface area contributed by atoms with Crippen LogP contribution in [0.15, 0.2) is 85.2 Å². The van der Waals surface area contributed by atoms with Crippen molar-refractivity contribution in [3.63, 3.8) is 0 Å². The SMILES string of the molecule is Cc1cc(N2C(=S)N[C@@H](c3ccccn3)[C@H]2c2cccn2-c2ccccc2F)ccc1NS(C)(=O)=O. The summed E-state index contributed by atoms with van der Waals surface area (Å²) in [6, 6.07) is 20.9. The maximum Gasteiger partial charge on any atom is 0.229 e. The first-order chi connectivity index (χ1) is 17.2. The van der Waals surface area contributed by atoms with Crippen LogP contribution in [0.3, 0.4) is 0 Å². The van der Waals surface area contributed by atoms with E-state index in [2.05, 4.69) is 15.0 Å². The maximum absolute atomic E-state index is 14.8. The van der Waals surface area contributed by atoms with E-state index in [4.69, 9.17) is 12.2 Å². The molecule has 0 amide bonds. The molecule has 184 valence electrons. The molecule has 2 aromatic heterocycles. The Labute approximate surface area is 214 Å². The molecule has 2 N–H and O–H groups in total. The Morgan fingerprint density at radius 3 is 2.53 bits per heavy atom. The zero-order valence-electron chi connectivity index (χ0n) is 19.6. The van der Waals surface area contributed by atoms with Crippen molar-refractivity contribution in [3.8, 4) is 5.69 Å². The molecule has 1 aliphatic heterocycles. The van der Waals surface area contributed by atoms with Gasteiger partial charge in [-0.25, -0.2) is 12.8 Å². The molecule has 0 spiro atoms. The minimum absolute atomic E-state index is 0.312. The fraction of sp³-hybridized carbons (Fsp3) is 0.154. The number of nitrogens with one attached hydrogen (secondary N) is 2. The summed E-state index contributed by atoms with van der Waals surface area (Å²) in [6.45, 7) is 1.83. The lowest BCUT2D eigenvalue weighted by atomic mass is 10.0. The van der Waals surface area contributed by atoms with Gasteiger partial charge in [-0.05, 0) is 79.3 Å². The van der Waals surface area contributed by atoms with Crippen molar-refractivity contribution in [2.45, 2.75) is 19.0 Å². The van der Waals surface area contributed by atoms with Crippen molar-refractivity contribution in [1.82, 2.24) is 14.9 Å². The van der Waals surface area contributed by atoms with Crippen LogP contribution in [-0.4, -0.2) is 29.3 Å². The minimum Gasteiger partial charge on any atom is -0.351 e. The van der Waals surface area contributed by atoms with Crippen LogP contribution in [0.4, 0.5) is 15.8 Å². The molecule has 36 heavy (non-hydrogen) atoms. The van der Waals surface area contributed by atoms with Gasteiger partial charge in [0.25, 0.3) is 0 Å². The van der Waals surface area contributed by atoms with E-state index < -0.39 is 10.0 Å². The summed E-state index contributed by atoms with van der Waals surface area (Å²) >= 11 is 5.79. The smallest absolute Gasteiger partial charge is 0.229 e. The van der Waals surface area contributed by atoms with E-state index in [1.807, 2.05) is 65.1 Å². The van der Waals surface area contributed by atoms with Gasteiger partial charge in [-0.3, -0.25) is 9.71 Å². The first kappa shape index (κ1) is 24.0. The molecule has 7 nitrogen and oxygen atoms in total. The number of hydrogen-bond donors (Lipinski definition) is 2. The Morgan fingerprint density at radius 2 is 1.83 bits per heavy atom. The van der Waals surface area contributed by atoms with E-state index in [0.29, 0.717) is 16.5 Å². The number of sulfonamides is 1. The van der Waals surface area contributed by atoms with Gasteiger partial charge in [-0.15, -0.1) is 0 Å². The van der Waals surface area contributed by atoms with Gasteiger partial charge < -0.3 is 14.8 Å².